The van der Waals surface area contributed by atoms with Gasteiger partial charge in [0.1, 0.15) is 0 Å². The van der Waals surface area contributed by atoms with E-state index in [0.717, 1.165) is 32.3 Å². The normalized spacial score (nSPS) is 11.2. The molecular weight excluding hydrogens is 304 g/mol. The van der Waals surface area contributed by atoms with Gasteiger partial charge in [-0.2, -0.15) is 0 Å². The summed E-state index contributed by atoms with van der Waals surface area (Å²) in [6.07, 6.45) is 0. The number of methoxy groups -OCH3 is 2. The minimum atomic E-state index is -0.474. The van der Waals surface area contributed by atoms with Crippen molar-refractivity contribution in [1.82, 2.24) is 0 Å². The highest BCUT2D eigenvalue weighted by molar-refractivity contribution is 6.29. The first-order valence-corrected chi connectivity index (χ1v) is 7.53. The molecule has 0 spiro atoms. The Morgan fingerprint density at radius 3 is 1.67 bits per heavy atom. The number of hydrogen-bond donors (Lipinski definition) is 0. The number of carbonyl (C=O) groups is 2. The van der Waals surface area contributed by atoms with Crippen molar-refractivity contribution in [2.75, 3.05) is 14.2 Å². The minimum Gasteiger partial charge on any atom is -0.465 e. The zero-order valence-corrected chi connectivity index (χ0v) is 13.3. The van der Waals surface area contributed by atoms with Gasteiger partial charge in [0.2, 0.25) is 0 Å². The van der Waals surface area contributed by atoms with Crippen LogP contribution in [0, 0.1) is 0 Å². The first kappa shape index (κ1) is 14.5. The van der Waals surface area contributed by atoms with Crippen LogP contribution in [0.3, 0.4) is 0 Å². The van der Waals surface area contributed by atoms with Crippen LogP contribution in [0.1, 0.15) is 20.7 Å². The Bertz CT molecular complexity index is 1030. The van der Waals surface area contributed by atoms with E-state index in [-0.39, 0.29) is 0 Å². The molecule has 4 heteroatoms. The van der Waals surface area contributed by atoms with Gasteiger partial charge in [0.05, 0.1) is 25.3 Å². The summed E-state index contributed by atoms with van der Waals surface area (Å²) < 4.78 is 9.81. The van der Waals surface area contributed by atoms with Crippen LogP contribution >= 0.6 is 0 Å². The maximum Gasteiger partial charge on any atom is 0.338 e. The van der Waals surface area contributed by atoms with Gasteiger partial charge in [0, 0.05) is 0 Å². The fourth-order valence-corrected chi connectivity index (χ4v) is 3.39. The molecule has 4 aromatic rings. The van der Waals surface area contributed by atoms with Crippen LogP contribution in [0.5, 0.6) is 0 Å². The topological polar surface area (TPSA) is 52.6 Å². The molecule has 0 heterocycles. The maximum absolute atomic E-state index is 12.2. The number of benzene rings is 4. The second-order valence-corrected chi connectivity index (χ2v) is 5.64. The summed E-state index contributed by atoms with van der Waals surface area (Å²) >= 11 is 0. The zero-order valence-electron chi connectivity index (χ0n) is 13.3. The van der Waals surface area contributed by atoms with Crippen molar-refractivity contribution in [2.45, 2.75) is 0 Å². The molecular formula is C20H14O4. The van der Waals surface area contributed by atoms with E-state index in [0.29, 0.717) is 11.1 Å². The highest BCUT2D eigenvalue weighted by Gasteiger charge is 2.21. The Kier molecular flexibility index (Phi) is 3.13. The summed E-state index contributed by atoms with van der Waals surface area (Å²) in [5.41, 5.74) is 0.729. The molecule has 0 aliphatic heterocycles. The standard InChI is InChI=1S/C20H14O4/c1-23-19(21)15-10-16(20(22)24-2)14-9-7-12-5-3-4-11-6-8-13(15)18(14)17(11)12/h3-10H,1-2H3. The third kappa shape index (κ3) is 1.86. The molecule has 0 aliphatic carbocycles. The van der Waals surface area contributed by atoms with Crippen molar-refractivity contribution in [3.8, 4) is 0 Å². The molecule has 0 saturated heterocycles. The molecule has 0 aromatic heterocycles. The average molecular weight is 318 g/mol. The summed E-state index contributed by atoms with van der Waals surface area (Å²) in [6.45, 7) is 0. The Balaban J connectivity index is 2.29. The maximum atomic E-state index is 12.2. The highest BCUT2D eigenvalue weighted by Crippen LogP contribution is 2.38. The molecule has 0 saturated carbocycles. The summed E-state index contributed by atoms with van der Waals surface area (Å²) in [4.78, 5) is 24.5. The van der Waals surface area contributed by atoms with Gasteiger partial charge in [-0.1, -0.05) is 42.5 Å². The largest absolute Gasteiger partial charge is 0.465 e. The van der Waals surface area contributed by atoms with Crippen LogP contribution in [0.25, 0.3) is 32.3 Å². The lowest BCUT2D eigenvalue weighted by atomic mass is 9.89. The second-order valence-electron chi connectivity index (χ2n) is 5.64. The lowest BCUT2D eigenvalue weighted by Crippen LogP contribution is -2.08. The summed E-state index contributed by atoms with van der Waals surface area (Å²) in [5.74, 6) is -0.948. The smallest absolute Gasteiger partial charge is 0.338 e. The van der Waals surface area contributed by atoms with Gasteiger partial charge in [-0.25, -0.2) is 9.59 Å². The second kappa shape index (κ2) is 5.20. The molecule has 0 bridgehead atoms. The van der Waals surface area contributed by atoms with Gasteiger partial charge in [0.15, 0.2) is 0 Å². The molecule has 0 N–H and O–H groups in total. The van der Waals surface area contributed by atoms with Crippen molar-refractivity contribution < 1.29 is 19.1 Å². The van der Waals surface area contributed by atoms with Gasteiger partial charge in [0.25, 0.3) is 0 Å². The van der Waals surface area contributed by atoms with E-state index in [1.807, 2.05) is 42.5 Å². The Hall–Kier alpha value is -3.14. The van der Waals surface area contributed by atoms with Crippen LogP contribution in [-0.4, -0.2) is 26.2 Å². The molecule has 0 radical (unpaired) electrons. The predicted octanol–water partition coefficient (Wildman–Crippen LogP) is 4.16. The van der Waals surface area contributed by atoms with Crippen molar-refractivity contribution in [1.29, 1.82) is 0 Å². The molecule has 0 fully saturated rings. The monoisotopic (exact) mass is 318 g/mol. The Labute approximate surface area is 137 Å². The van der Waals surface area contributed by atoms with E-state index < -0.39 is 11.9 Å². The van der Waals surface area contributed by atoms with Gasteiger partial charge < -0.3 is 9.47 Å². The number of esters is 2. The van der Waals surface area contributed by atoms with Gasteiger partial charge in [-0.05, 0) is 38.4 Å². The molecule has 118 valence electrons. The van der Waals surface area contributed by atoms with E-state index in [4.69, 9.17) is 9.47 Å². The van der Waals surface area contributed by atoms with E-state index >= 15 is 0 Å². The van der Waals surface area contributed by atoms with Crippen molar-refractivity contribution in [2.24, 2.45) is 0 Å². The number of carbonyl (C=O) groups excluding carboxylic acids is 2. The van der Waals surface area contributed by atoms with Crippen LogP contribution in [-0.2, 0) is 9.47 Å². The van der Waals surface area contributed by atoms with Crippen molar-refractivity contribution >= 4 is 44.3 Å². The van der Waals surface area contributed by atoms with Gasteiger partial charge in [-0.15, -0.1) is 0 Å². The average Bonchev–Trinajstić information content (AvgIpc) is 2.64. The molecule has 0 aliphatic rings. The van der Waals surface area contributed by atoms with E-state index in [9.17, 15) is 9.59 Å². The number of ether oxygens (including phenoxy) is 2. The van der Waals surface area contributed by atoms with Gasteiger partial charge >= 0.3 is 11.9 Å². The number of rotatable bonds is 2. The Morgan fingerprint density at radius 2 is 1.21 bits per heavy atom. The van der Waals surface area contributed by atoms with Gasteiger partial charge in [-0.3, -0.25) is 0 Å². The van der Waals surface area contributed by atoms with Crippen molar-refractivity contribution in [3.63, 3.8) is 0 Å². The van der Waals surface area contributed by atoms with Crippen LogP contribution in [0.15, 0.2) is 48.5 Å². The van der Waals surface area contributed by atoms with Crippen molar-refractivity contribution in [3.05, 3.63) is 59.7 Å². The molecule has 4 aromatic carbocycles. The lowest BCUT2D eigenvalue weighted by molar-refractivity contribution is 0.0602. The summed E-state index contributed by atoms with van der Waals surface area (Å²) in [6, 6.07) is 15.3. The van der Waals surface area contributed by atoms with E-state index in [1.165, 1.54) is 14.2 Å². The lowest BCUT2D eigenvalue weighted by Gasteiger charge is -2.15. The fraction of sp³-hybridized carbons (Fsp3) is 0.100. The third-order valence-electron chi connectivity index (χ3n) is 4.46. The molecule has 0 atom stereocenters. The van der Waals surface area contributed by atoms with Crippen LogP contribution < -0.4 is 0 Å². The van der Waals surface area contributed by atoms with Crippen LogP contribution in [0.4, 0.5) is 0 Å². The first-order valence-electron chi connectivity index (χ1n) is 7.53. The molecule has 4 rings (SSSR count). The quantitative estimate of drug-likeness (QED) is 0.411. The summed E-state index contributed by atoms with van der Waals surface area (Å²) in [7, 11) is 2.66. The third-order valence-corrected chi connectivity index (χ3v) is 4.46. The zero-order chi connectivity index (χ0) is 16.8. The number of hydrogen-bond acceptors (Lipinski definition) is 4. The minimum absolute atomic E-state index is 0.364. The SMILES string of the molecule is COC(=O)c1cc(C(=O)OC)c2ccc3cccc4ccc1c2c43. The van der Waals surface area contributed by atoms with E-state index in [1.54, 1.807) is 6.07 Å². The Morgan fingerprint density at radius 1 is 0.708 bits per heavy atom. The van der Waals surface area contributed by atoms with Crippen LogP contribution in [0.2, 0.25) is 0 Å². The molecule has 0 unspecified atom stereocenters. The predicted molar refractivity (Wildman–Crippen MR) is 92.8 cm³/mol. The fourth-order valence-electron chi connectivity index (χ4n) is 3.39. The summed E-state index contributed by atoms with van der Waals surface area (Å²) in [5, 5.41) is 5.58. The highest BCUT2D eigenvalue weighted by atomic mass is 16.5. The molecule has 0 amide bonds. The molecule has 4 nitrogen and oxygen atoms in total. The first-order chi connectivity index (χ1) is 11.7. The molecule has 24 heavy (non-hydrogen) atoms. The van der Waals surface area contributed by atoms with E-state index in [2.05, 4.69) is 0 Å².